The maximum atomic E-state index is 11.8. The Kier molecular flexibility index (Phi) is 28.5. The number of hydrogen-bond acceptors (Lipinski definition) is 31. The molecule has 0 unspecified atom stereocenters. The van der Waals surface area contributed by atoms with Crippen LogP contribution in [0.1, 0.15) is 229 Å². The van der Waals surface area contributed by atoms with Crippen LogP contribution in [-0.2, 0) is 90.1 Å². The minimum atomic E-state index is -1.15. The number of aromatic nitrogens is 15. The van der Waals surface area contributed by atoms with Crippen molar-refractivity contribution in [3.05, 3.63) is 139 Å². The quantitative estimate of drug-likeness (QED) is 0.0729. The monoisotopic (exact) mass is 1970 g/mol. The fourth-order valence-electron chi connectivity index (χ4n) is 20.5. The summed E-state index contributed by atoms with van der Waals surface area (Å²) >= 11 is 24.6. The van der Waals surface area contributed by atoms with Gasteiger partial charge in [-0.05, 0) is 214 Å². The Bertz CT molecular complexity index is 5500. The van der Waals surface area contributed by atoms with Crippen LogP contribution in [0.25, 0.3) is 55.2 Å². The van der Waals surface area contributed by atoms with E-state index in [1.165, 1.54) is 70.2 Å². The van der Waals surface area contributed by atoms with Crippen molar-refractivity contribution in [1.82, 2.24) is 72.7 Å². The molecule has 0 aliphatic carbocycles. The van der Waals surface area contributed by atoms with E-state index in [1.54, 1.807) is 19.1 Å². The first-order chi connectivity index (χ1) is 63.5. The van der Waals surface area contributed by atoms with Crippen molar-refractivity contribution < 1.29 is 95.2 Å². The standard InChI is InChI=1S/C17H22ClN3O3.C17H20ClN3O3.C17H22N4O3.C16H20ClN3O4.C16H18ClN3O4.3C4H8O.CH4/c3*1-6-16(4)17(5)11(22-15(2,3)24-17)14(23-16)21-8-7-10-12(18)19-9-20-13(10)21;2*1-14(2)22-10-13(23-15(3,7-21)16(10,4)24-14)20-6-5-9-11(17)18-8-19-12(9)20;3*1-2-4-5-3-1;/h7-9,11,14H,6H2,1-5H3;6-9,11,14H,1H2,2-5H3;6-9,11,14H,1H2,2-5H3,(H2,18,19,20);5-6,8,10,13,21H,7H2,1-4H3;5-8,10,13H,1-4H3;3*1-4H2;1H4/t3*11-,14+,16-,17-;2*10-,13+,15-,16-;;;;/m00000..../s1. The molecule has 3 N–H and O–H groups in total. The maximum absolute atomic E-state index is 11.8. The zero-order valence-electron chi connectivity index (χ0n) is 80.5. The molecule has 0 saturated carbocycles. The third-order valence-corrected chi connectivity index (χ3v) is 29.7. The molecular weight excluding hydrogens is 1840 g/mol. The van der Waals surface area contributed by atoms with Crippen molar-refractivity contribution in [2.45, 2.75) is 344 Å². The van der Waals surface area contributed by atoms with E-state index >= 15 is 0 Å². The van der Waals surface area contributed by atoms with Gasteiger partial charge in [0.15, 0.2) is 72.0 Å². The van der Waals surface area contributed by atoms with Gasteiger partial charge in [0.2, 0.25) is 0 Å². The summed E-state index contributed by atoms with van der Waals surface area (Å²) in [6, 6.07) is 9.32. The van der Waals surface area contributed by atoms with Crippen molar-refractivity contribution in [3.8, 4) is 0 Å². The smallest absolute Gasteiger partial charge is 0.166 e. The molecule has 0 aromatic carbocycles. The normalized spacial score (nSPS) is 36.0. The zero-order chi connectivity index (χ0) is 97.2. The van der Waals surface area contributed by atoms with Crippen LogP contribution in [0.5, 0.6) is 0 Å². The molecule has 23 rings (SSSR count). The molecule has 0 spiro atoms. The number of rotatable bonds is 10. The van der Waals surface area contributed by atoms with Crippen LogP contribution in [0.3, 0.4) is 0 Å². The number of aliphatic hydroxyl groups excluding tert-OH is 1. The number of nitrogen functional groups attached to an aromatic ring is 1. The number of carbonyl (C=O) groups is 1. The van der Waals surface area contributed by atoms with Gasteiger partial charge in [-0.1, -0.05) is 72.9 Å². The van der Waals surface area contributed by atoms with Gasteiger partial charge >= 0.3 is 0 Å². The van der Waals surface area contributed by atoms with Gasteiger partial charge in [-0.15, -0.1) is 13.2 Å². The van der Waals surface area contributed by atoms with E-state index in [0.29, 0.717) is 54.4 Å². The van der Waals surface area contributed by atoms with Crippen LogP contribution in [0.4, 0.5) is 5.82 Å². The largest absolute Gasteiger partial charge is 0.393 e. The van der Waals surface area contributed by atoms with Gasteiger partial charge in [-0.2, -0.15) is 0 Å². The van der Waals surface area contributed by atoms with Crippen LogP contribution < -0.4 is 5.73 Å². The Morgan fingerprint density at radius 3 is 0.853 bits per heavy atom. The first-order valence-electron chi connectivity index (χ1n) is 45.9. The fraction of sp³-hybridized carbons (Fsp3) is 0.635. The summed E-state index contributed by atoms with van der Waals surface area (Å²) in [5.74, 6) is -3.22. The first-order valence-corrected chi connectivity index (χ1v) is 47.4. The second-order valence-electron chi connectivity index (χ2n) is 39.8. The van der Waals surface area contributed by atoms with Crippen molar-refractivity contribution in [1.29, 1.82) is 0 Å². The Labute approximate surface area is 812 Å². The van der Waals surface area contributed by atoms with Crippen molar-refractivity contribution in [2.24, 2.45) is 0 Å². The van der Waals surface area contributed by atoms with E-state index in [-0.39, 0.29) is 38.6 Å². The Morgan fingerprint density at radius 2 is 0.588 bits per heavy atom. The molecule has 0 bridgehead atoms. The fourth-order valence-corrected chi connectivity index (χ4v) is 21.2. The van der Waals surface area contributed by atoms with Gasteiger partial charge in [-0.25, -0.2) is 49.8 Å². The van der Waals surface area contributed by atoms with Gasteiger partial charge in [-0.3, -0.25) is 0 Å². The molecule has 0 radical (unpaired) electrons. The molecular formula is C96H130Cl4N16O20. The summed E-state index contributed by atoms with van der Waals surface area (Å²) in [6.45, 7) is 54.1. The highest BCUT2D eigenvalue weighted by atomic mass is 35.5. The number of anilines is 1. The molecule has 10 aromatic heterocycles. The van der Waals surface area contributed by atoms with Gasteiger partial charge in [0.25, 0.3) is 0 Å². The molecule has 136 heavy (non-hydrogen) atoms. The number of ether oxygens (including phenoxy) is 18. The molecule has 10 aromatic rings. The second-order valence-corrected chi connectivity index (χ2v) is 41.2. The predicted molar refractivity (Wildman–Crippen MR) is 508 cm³/mol. The van der Waals surface area contributed by atoms with Gasteiger partial charge in [0.1, 0.15) is 162 Å². The van der Waals surface area contributed by atoms with E-state index in [2.05, 4.69) is 83.8 Å². The third kappa shape index (κ3) is 18.0. The van der Waals surface area contributed by atoms with Crippen LogP contribution >= 0.6 is 46.4 Å². The van der Waals surface area contributed by atoms with E-state index in [1.807, 2.05) is 202 Å². The number of halogens is 4. The zero-order valence-corrected chi connectivity index (χ0v) is 83.5. The average Bonchev–Trinajstić information content (AvgIpc) is 1.56. The number of hydrogen-bond donors (Lipinski definition) is 2. The van der Waals surface area contributed by atoms with Crippen molar-refractivity contribution >= 4 is 114 Å². The Balaban J connectivity index is 0.000000124. The summed E-state index contributed by atoms with van der Waals surface area (Å²) in [5.41, 5.74) is 1.80. The highest BCUT2D eigenvalue weighted by Crippen LogP contribution is 2.62. The van der Waals surface area contributed by atoms with Crippen LogP contribution in [-0.4, -0.2) is 246 Å². The predicted octanol–water partition coefficient (Wildman–Crippen LogP) is 17.3. The van der Waals surface area contributed by atoms with Crippen LogP contribution in [0.2, 0.25) is 20.6 Å². The summed E-state index contributed by atoms with van der Waals surface area (Å²) < 4.78 is 118. The van der Waals surface area contributed by atoms with E-state index in [0.717, 1.165) is 79.5 Å². The SMILES string of the molecule is C.C1CCOC1.C1CCOC1.C1CCOC1.C=C[C@]1(C)O[C@@H](n2ccc3c(Cl)ncnc32)[C@@H]2OC(C)(C)O[C@@]21C.C=C[C@]1(C)O[C@@H](n2ccc3c(N)ncnc32)[C@@H]2OC(C)(C)O[C@@]21C.CC1(C)O[C@H]2[C@H](n3ccc4c(Cl)ncnc43)O[C@@](C)(C=O)[C@@]2(C)O1.CC1(C)O[C@H]2[C@H](n3ccc4c(Cl)ncnc43)O[C@@](C)(CO)[C@@]2(C)O1.CC[C@]1(C)O[C@@H](n2ccc3c(Cl)ncnc32)[C@@H]2OC(C)(C)O[C@@]21C. The van der Waals surface area contributed by atoms with E-state index in [9.17, 15) is 9.90 Å². The molecule has 13 saturated heterocycles. The number of nitrogens with zero attached hydrogens (tertiary/aromatic N) is 15. The molecule has 742 valence electrons. The molecule has 40 heteroatoms. The molecule has 0 amide bonds. The minimum absolute atomic E-state index is 0. The van der Waals surface area contributed by atoms with E-state index in [4.69, 9.17) is 137 Å². The number of fused-ring (bicyclic) bond motifs is 10. The highest BCUT2D eigenvalue weighted by molar-refractivity contribution is 6.35. The molecule has 13 aliphatic rings. The number of aldehydes is 1. The summed E-state index contributed by atoms with van der Waals surface area (Å²) in [5, 5.41) is 15.4. The van der Waals surface area contributed by atoms with Crippen LogP contribution in [0, 0.1) is 0 Å². The lowest BCUT2D eigenvalue weighted by Crippen LogP contribution is -2.54. The summed E-state index contributed by atoms with van der Waals surface area (Å²) in [6.07, 6.45) is 25.3. The average molecular weight is 1970 g/mol. The summed E-state index contributed by atoms with van der Waals surface area (Å²) in [7, 11) is 0. The lowest BCUT2D eigenvalue weighted by molar-refractivity contribution is -0.241. The van der Waals surface area contributed by atoms with Gasteiger partial charge < -0.3 is 124 Å². The van der Waals surface area contributed by atoms with Gasteiger partial charge in [0.05, 0.1) is 39.1 Å². The lowest BCUT2D eigenvalue weighted by Gasteiger charge is -2.37. The molecule has 23 heterocycles. The summed E-state index contributed by atoms with van der Waals surface area (Å²) in [4.78, 5) is 53.6. The molecule has 13 aliphatic heterocycles. The minimum Gasteiger partial charge on any atom is -0.393 e. The Morgan fingerprint density at radius 1 is 0.353 bits per heavy atom. The first kappa shape index (κ1) is 103. The van der Waals surface area contributed by atoms with Crippen molar-refractivity contribution in [2.75, 3.05) is 52.0 Å². The molecule has 36 nitrogen and oxygen atoms in total. The third-order valence-electron chi connectivity index (χ3n) is 28.5. The Hall–Kier alpha value is -7.55. The number of carbonyl (C=O) groups excluding carboxylic acids is 1. The molecule has 20 atom stereocenters. The topological polar surface area (TPSA) is 383 Å². The second kappa shape index (κ2) is 37.7. The lowest BCUT2D eigenvalue weighted by atomic mass is 9.82. The van der Waals surface area contributed by atoms with Crippen molar-refractivity contribution in [3.63, 3.8) is 0 Å². The van der Waals surface area contributed by atoms with Crippen LogP contribution in [0.15, 0.2) is 118 Å². The maximum Gasteiger partial charge on any atom is 0.166 e. The van der Waals surface area contributed by atoms with E-state index < -0.39 is 122 Å². The van der Waals surface area contributed by atoms with Gasteiger partial charge in [0, 0.05) is 70.6 Å². The molecule has 13 fully saturated rings. The number of aliphatic hydroxyl groups is 1. The highest BCUT2D eigenvalue weighted by Gasteiger charge is 2.74. The number of nitrogens with two attached hydrogens (primary N) is 1.